The standard InChI is InChI=1S/C27H45N3O6S/c1-20(2)30(27(31)22-11-12-25(35-4)26(15-22)36-14-8-13-34-3)18-23-16-28-17-24(23)29-37(32,33)19-21-9-6-5-7-10-21/h11-12,15,20-21,23-24,28-29H,5-10,13-14,16-19H2,1-4H3/t23-,24+/m0/s1. The first-order valence-corrected chi connectivity index (χ1v) is 15.2. The molecule has 0 spiro atoms. The summed E-state index contributed by atoms with van der Waals surface area (Å²) in [6, 6.07) is 4.92. The predicted octanol–water partition coefficient (Wildman–Crippen LogP) is 3.05. The molecule has 0 bridgehead atoms. The van der Waals surface area contributed by atoms with Gasteiger partial charge < -0.3 is 24.4 Å². The lowest BCUT2D eigenvalue weighted by Gasteiger charge is -2.32. The van der Waals surface area contributed by atoms with Gasteiger partial charge in [0.15, 0.2) is 11.5 Å². The van der Waals surface area contributed by atoms with Gasteiger partial charge >= 0.3 is 0 Å². The van der Waals surface area contributed by atoms with Gasteiger partial charge in [0.25, 0.3) is 5.91 Å². The lowest BCUT2D eigenvalue weighted by atomic mass is 9.91. The van der Waals surface area contributed by atoms with Crippen molar-refractivity contribution in [1.29, 1.82) is 0 Å². The molecule has 10 heteroatoms. The second-order valence-electron chi connectivity index (χ2n) is 10.5. The zero-order valence-electron chi connectivity index (χ0n) is 22.8. The fraction of sp³-hybridized carbons (Fsp3) is 0.741. The van der Waals surface area contributed by atoms with Crippen LogP contribution >= 0.6 is 0 Å². The molecule has 1 aliphatic heterocycles. The molecule has 1 heterocycles. The Morgan fingerprint density at radius 3 is 2.54 bits per heavy atom. The number of sulfonamides is 1. The first-order chi connectivity index (χ1) is 17.7. The van der Waals surface area contributed by atoms with E-state index in [1.54, 1.807) is 32.4 Å². The second kappa shape index (κ2) is 14.3. The normalized spacial score (nSPS) is 20.8. The summed E-state index contributed by atoms with van der Waals surface area (Å²) in [4.78, 5) is 15.4. The molecule has 9 nitrogen and oxygen atoms in total. The van der Waals surface area contributed by atoms with E-state index in [1.165, 1.54) is 6.42 Å². The zero-order chi connectivity index (χ0) is 26.8. The van der Waals surface area contributed by atoms with Crippen LogP contribution in [0.15, 0.2) is 18.2 Å². The third kappa shape index (κ3) is 8.84. The molecule has 1 saturated heterocycles. The molecule has 0 radical (unpaired) electrons. The minimum atomic E-state index is -3.39. The number of ether oxygens (including phenoxy) is 3. The summed E-state index contributed by atoms with van der Waals surface area (Å²) >= 11 is 0. The van der Waals surface area contributed by atoms with E-state index in [2.05, 4.69) is 10.0 Å². The average Bonchev–Trinajstić information content (AvgIpc) is 3.30. The fourth-order valence-corrected chi connectivity index (χ4v) is 7.05. The minimum Gasteiger partial charge on any atom is -0.493 e. The number of amides is 1. The fourth-order valence-electron chi connectivity index (χ4n) is 5.26. The Kier molecular flexibility index (Phi) is 11.5. The number of hydrogen-bond acceptors (Lipinski definition) is 7. The molecule has 0 unspecified atom stereocenters. The van der Waals surface area contributed by atoms with Crippen LogP contribution in [-0.4, -0.2) is 84.1 Å². The maximum Gasteiger partial charge on any atom is 0.254 e. The summed E-state index contributed by atoms with van der Waals surface area (Å²) in [7, 11) is -0.169. The van der Waals surface area contributed by atoms with Crippen molar-refractivity contribution < 1.29 is 27.4 Å². The highest BCUT2D eigenvalue weighted by Crippen LogP contribution is 2.30. The van der Waals surface area contributed by atoms with Gasteiger partial charge in [-0.15, -0.1) is 0 Å². The minimum absolute atomic E-state index is 0.0181. The van der Waals surface area contributed by atoms with Gasteiger partial charge in [-0.2, -0.15) is 0 Å². The lowest BCUT2D eigenvalue weighted by Crippen LogP contribution is -2.48. The van der Waals surface area contributed by atoms with Crippen LogP contribution in [-0.2, 0) is 14.8 Å². The molecule has 1 aliphatic carbocycles. The summed E-state index contributed by atoms with van der Waals surface area (Å²) in [5.41, 5.74) is 0.511. The van der Waals surface area contributed by atoms with Crippen LogP contribution in [0.3, 0.4) is 0 Å². The number of nitrogens with one attached hydrogen (secondary N) is 2. The van der Waals surface area contributed by atoms with Crippen LogP contribution in [0.1, 0.15) is 62.7 Å². The first-order valence-electron chi connectivity index (χ1n) is 13.6. The molecule has 37 heavy (non-hydrogen) atoms. The molecule has 2 aliphatic rings. The third-order valence-corrected chi connectivity index (χ3v) is 8.90. The smallest absolute Gasteiger partial charge is 0.254 e. The number of rotatable bonds is 14. The van der Waals surface area contributed by atoms with E-state index in [0.717, 1.165) is 32.1 Å². The molecular formula is C27H45N3O6S. The molecular weight excluding hydrogens is 494 g/mol. The van der Waals surface area contributed by atoms with Crippen LogP contribution < -0.4 is 19.5 Å². The highest BCUT2D eigenvalue weighted by molar-refractivity contribution is 7.89. The van der Waals surface area contributed by atoms with Crippen LogP contribution in [0.4, 0.5) is 0 Å². The maximum absolute atomic E-state index is 13.6. The number of methoxy groups -OCH3 is 2. The van der Waals surface area contributed by atoms with Gasteiger partial charge in [-0.3, -0.25) is 4.79 Å². The molecule has 1 saturated carbocycles. The monoisotopic (exact) mass is 539 g/mol. The summed E-state index contributed by atoms with van der Waals surface area (Å²) in [5, 5.41) is 3.32. The van der Waals surface area contributed by atoms with Crippen LogP contribution in [0.5, 0.6) is 11.5 Å². The highest BCUT2D eigenvalue weighted by atomic mass is 32.2. The summed E-state index contributed by atoms with van der Waals surface area (Å²) in [6.45, 7) is 6.67. The van der Waals surface area contributed by atoms with E-state index < -0.39 is 10.0 Å². The number of benzene rings is 1. The van der Waals surface area contributed by atoms with E-state index in [1.807, 2.05) is 18.7 Å². The van der Waals surface area contributed by atoms with Gasteiger partial charge in [-0.1, -0.05) is 19.3 Å². The van der Waals surface area contributed by atoms with E-state index >= 15 is 0 Å². The maximum atomic E-state index is 13.6. The Morgan fingerprint density at radius 1 is 1.11 bits per heavy atom. The molecule has 2 fully saturated rings. The van der Waals surface area contributed by atoms with E-state index in [9.17, 15) is 13.2 Å². The molecule has 2 N–H and O–H groups in total. The molecule has 1 amide bonds. The van der Waals surface area contributed by atoms with Crippen molar-refractivity contribution in [1.82, 2.24) is 14.9 Å². The van der Waals surface area contributed by atoms with E-state index in [0.29, 0.717) is 49.9 Å². The van der Waals surface area contributed by atoms with Gasteiger partial charge in [0.1, 0.15) is 0 Å². The molecule has 1 aromatic carbocycles. The van der Waals surface area contributed by atoms with Crippen molar-refractivity contribution in [3.05, 3.63) is 23.8 Å². The molecule has 2 atom stereocenters. The Morgan fingerprint density at radius 2 is 1.86 bits per heavy atom. The predicted molar refractivity (Wildman–Crippen MR) is 145 cm³/mol. The van der Waals surface area contributed by atoms with E-state index in [-0.39, 0.29) is 35.6 Å². The van der Waals surface area contributed by atoms with Crippen molar-refractivity contribution in [3.63, 3.8) is 0 Å². The second-order valence-corrected chi connectivity index (χ2v) is 12.3. The van der Waals surface area contributed by atoms with Crippen LogP contribution in [0.2, 0.25) is 0 Å². The van der Waals surface area contributed by atoms with Crippen LogP contribution in [0, 0.1) is 11.8 Å². The van der Waals surface area contributed by atoms with Crippen LogP contribution in [0.25, 0.3) is 0 Å². The Hall–Kier alpha value is -1.88. The van der Waals surface area contributed by atoms with E-state index in [4.69, 9.17) is 14.2 Å². The number of carbonyl (C=O) groups is 1. The Balaban J connectivity index is 1.67. The summed E-state index contributed by atoms with van der Waals surface area (Å²) < 4.78 is 45.2. The van der Waals surface area contributed by atoms with Gasteiger partial charge in [-0.05, 0) is 50.8 Å². The van der Waals surface area contributed by atoms with Crippen molar-refractivity contribution in [3.8, 4) is 11.5 Å². The number of nitrogens with zero attached hydrogens (tertiary/aromatic N) is 1. The Labute approximate surface area is 222 Å². The first kappa shape index (κ1) is 29.7. The van der Waals surface area contributed by atoms with Gasteiger partial charge in [0.2, 0.25) is 10.0 Å². The SMILES string of the molecule is COCCCOc1cc(C(=O)N(C[C@@H]2CNC[C@H]2NS(=O)(=O)CC2CCCCC2)C(C)C)ccc1OC. The van der Waals surface area contributed by atoms with Gasteiger partial charge in [0, 0.05) is 63.3 Å². The lowest BCUT2D eigenvalue weighted by molar-refractivity contribution is 0.0671. The number of carbonyl (C=O) groups excluding carboxylic acids is 1. The quantitative estimate of drug-likeness (QED) is 0.350. The zero-order valence-corrected chi connectivity index (χ0v) is 23.6. The van der Waals surface area contributed by atoms with Crippen molar-refractivity contribution in [2.24, 2.45) is 11.8 Å². The van der Waals surface area contributed by atoms with Gasteiger partial charge in [-0.25, -0.2) is 13.1 Å². The summed E-state index contributed by atoms with van der Waals surface area (Å²) in [6.07, 6.45) is 6.14. The highest BCUT2D eigenvalue weighted by Gasteiger charge is 2.35. The number of hydrogen-bond donors (Lipinski definition) is 2. The molecule has 1 aromatic rings. The average molecular weight is 540 g/mol. The Bertz CT molecular complexity index is 965. The van der Waals surface area contributed by atoms with Gasteiger partial charge in [0.05, 0.1) is 19.5 Å². The van der Waals surface area contributed by atoms with Crippen molar-refractivity contribution in [2.75, 3.05) is 52.8 Å². The third-order valence-electron chi connectivity index (χ3n) is 7.33. The topological polar surface area (TPSA) is 106 Å². The molecule has 210 valence electrons. The molecule has 0 aromatic heterocycles. The largest absolute Gasteiger partial charge is 0.493 e. The summed E-state index contributed by atoms with van der Waals surface area (Å²) in [5.74, 6) is 1.39. The van der Waals surface area contributed by atoms with Crippen molar-refractivity contribution in [2.45, 2.75) is 64.5 Å². The molecule has 3 rings (SSSR count). The van der Waals surface area contributed by atoms with Crippen molar-refractivity contribution >= 4 is 15.9 Å².